The molecule has 7 heteroatoms. The van der Waals surface area contributed by atoms with Gasteiger partial charge < -0.3 is 4.74 Å². The molecule has 0 bridgehead atoms. The number of ether oxygens (including phenoxy) is 1. The van der Waals surface area contributed by atoms with Crippen LogP contribution in [-0.4, -0.2) is 23.7 Å². The number of nitro groups is 1. The zero-order chi connectivity index (χ0) is 12.3. The summed E-state index contributed by atoms with van der Waals surface area (Å²) in [5, 5.41) is 10.8. The highest BCUT2D eigenvalue weighted by Gasteiger charge is 2.25. The minimum Gasteiger partial charge on any atom is -0.496 e. The second-order valence-electron chi connectivity index (χ2n) is 2.82. The van der Waals surface area contributed by atoms with E-state index in [0.717, 1.165) is 0 Å². The number of carbonyl (C=O) groups excluding carboxylic acids is 1. The maximum atomic E-state index is 11.5. The van der Waals surface area contributed by atoms with Crippen LogP contribution in [0.4, 0.5) is 5.69 Å². The Kier molecular flexibility index (Phi) is 4.26. The number of nitrogens with zero attached hydrogens (tertiary/aromatic N) is 1. The van der Waals surface area contributed by atoms with Crippen LogP contribution in [0.3, 0.4) is 0 Å². The van der Waals surface area contributed by atoms with Crippen molar-refractivity contribution in [2.45, 2.75) is 0 Å². The summed E-state index contributed by atoms with van der Waals surface area (Å²) in [4.78, 5) is 21.6. The van der Waals surface area contributed by atoms with Crippen molar-refractivity contribution < 1.29 is 14.5 Å². The number of benzene rings is 1. The number of Topliss-reactive ketones (excluding diaryl/α,β-unsaturated/α-hetero) is 1. The van der Waals surface area contributed by atoms with Gasteiger partial charge in [-0.15, -0.1) is 11.6 Å². The fraction of sp³-hybridized carbons (Fsp3) is 0.222. The van der Waals surface area contributed by atoms with E-state index in [2.05, 4.69) is 15.9 Å². The van der Waals surface area contributed by atoms with Crippen molar-refractivity contribution in [1.29, 1.82) is 0 Å². The molecule has 0 radical (unpaired) electrons. The molecular formula is C9H7BrClNO4. The maximum Gasteiger partial charge on any atom is 0.285 e. The molecule has 1 aromatic rings. The Morgan fingerprint density at radius 2 is 2.25 bits per heavy atom. The van der Waals surface area contributed by atoms with Crippen LogP contribution in [0, 0.1) is 10.1 Å². The molecule has 0 saturated heterocycles. The maximum absolute atomic E-state index is 11.5. The lowest BCUT2D eigenvalue weighted by atomic mass is 10.1. The van der Waals surface area contributed by atoms with Gasteiger partial charge in [0.25, 0.3) is 5.69 Å². The van der Waals surface area contributed by atoms with Crippen molar-refractivity contribution >= 4 is 39.0 Å². The zero-order valence-corrected chi connectivity index (χ0v) is 10.5. The minimum absolute atomic E-state index is 0.106. The van der Waals surface area contributed by atoms with Crippen LogP contribution in [0.1, 0.15) is 10.4 Å². The third-order valence-electron chi connectivity index (χ3n) is 1.86. The average Bonchev–Trinajstić information content (AvgIpc) is 2.26. The fourth-order valence-corrected chi connectivity index (χ4v) is 1.78. The number of carbonyl (C=O) groups is 1. The molecule has 0 spiro atoms. The van der Waals surface area contributed by atoms with E-state index in [4.69, 9.17) is 16.3 Å². The number of rotatable bonds is 4. The van der Waals surface area contributed by atoms with Gasteiger partial charge in [0.1, 0.15) is 11.3 Å². The number of hydrogen-bond acceptors (Lipinski definition) is 4. The van der Waals surface area contributed by atoms with E-state index < -0.39 is 10.7 Å². The van der Waals surface area contributed by atoms with E-state index in [-0.39, 0.29) is 22.9 Å². The Balaban J connectivity index is 3.51. The van der Waals surface area contributed by atoms with Crippen molar-refractivity contribution in [3.8, 4) is 5.75 Å². The van der Waals surface area contributed by atoms with Gasteiger partial charge in [-0.3, -0.25) is 14.9 Å². The summed E-state index contributed by atoms with van der Waals surface area (Å²) in [7, 11) is 1.33. The molecule has 0 aliphatic rings. The standard InChI is InChI=1S/C9H7BrClNO4/c1-16-8-3-5(10)2-6(12(14)15)9(8)7(13)4-11/h2-3H,4H2,1H3. The number of methoxy groups -OCH3 is 1. The van der Waals surface area contributed by atoms with Crippen LogP contribution in [0.25, 0.3) is 0 Å². The molecule has 0 unspecified atom stereocenters. The van der Waals surface area contributed by atoms with Crippen molar-refractivity contribution in [3.05, 3.63) is 32.3 Å². The monoisotopic (exact) mass is 307 g/mol. The Hall–Kier alpha value is -1.14. The van der Waals surface area contributed by atoms with E-state index in [9.17, 15) is 14.9 Å². The predicted octanol–water partition coefficient (Wildman–Crippen LogP) is 2.79. The normalized spacial score (nSPS) is 9.94. The predicted molar refractivity (Wildman–Crippen MR) is 62.4 cm³/mol. The fourth-order valence-electron chi connectivity index (χ4n) is 1.22. The number of hydrogen-bond donors (Lipinski definition) is 0. The molecule has 0 N–H and O–H groups in total. The average molecular weight is 309 g/mol. The van der Waals surface area contributed by atoms with Gasteiger partial charge >= 0.3 is 0 Å². The molecule has 0 aliphatic carbocycles. The molecule has 0 amide bonds. The summed E-state index contributed by atoms with van der Waals surface area (Å²) in [6, 6.07) is 2.72. The van der Waals surface area contributed by atoms with E-state index in [1.165, 1.54) is 19.2 Å². The summed E-state index contributed by atoms with van der Waals surface area (Å²) < 4.78 is 5.39. The Labute approximate surface area is 105 Å². The van der Waals surface area contributed by atoms with Crippen LogP contribution in [-0.2, 0) is 0 Å². The van der Waals surface area contributed by atoms with Gasteiger partial charge in [-0.2, -0.15) is 0 Å². The van der Waals surface area contributed by atoms with Crippen molar-refractivity contribution in [2.24, 2.45) is 0 Å². The topological polar surface area (TPSA) is 69.4 Å². The van der Waals surface area contributed by atoms with Crippen LogP contribution >= 0.6 is 27.5 Å². The highest BCUT2D eigenvalue weighted by molar-refractivity contribution is 9.10. The lowest BCUT2D eigenvalue weighted by Crippen LogP contribution is -2.07. The summed E-state index contributed by atoms with van der Waals surface area (Å²) in [5.74, 6) is -0.747. The molecule has 16 heavy (non-hydrogen) atoms. The molecule has 5 nitrogen and oxygen atoms in total. The van der Waals surface area contributed by atoms with E-state index in [0.29, 0.717) is 4.47 Å². The van der Waals surface area contributed by atoms with Crippen LogP contribution in [0.15, 0.2) is 16.6 Å². The van der Waals surface area contributed by atoms with Gasteiger partial charge in [0, 0.05) is 10.5 Å². The van der Waals surface area contributed by atoms with Crippen molar-refractivity contribution in [2.75, 3.05) is 13.0 Å². The first-order chi connectivity index (χ1) is 7.51. The number of halogens is 2. The van der Waals surface area contributed by atoms with Crippen LogP contribution in [0.2, 0.25) is 0 Å². The molecule has 0 heterocycles. The summed E-state index contributed by atoms with van der Waals surface area (Å²) in [5.41, 5.74) is -0.428. The molecule has 0 fully saturated rings. The van der Waals surface area contributed by atoms with E-state index in [1.54, 1.807) is 0 Å². The van der Waals surface area contributed by atoms with Gasteiger partial charge in [0.2, 0.25) is 0 Å². The van der Waals surface area contributed by atoms with Crippen LogP contribution < -0.4 is 4.74 Å². The van der Waals surface area contributed by atoms with E-state index in [1.807, 2.05) is 0 Å². The third-order valence-corrected chi connectivity index (χ3v) is 2.56. The Bertz CT molecular complexity index is 449. The van der Waals surface area contributed by atoms with Crippen molar-refractivity contribution in [3.63, 3.8) is 0 Å². The Morgan fingerprint density at radius 3 is 2.69 bits per heavy atom. The smallest absolute Gasteiger partial charge is 0.285 e. The molecule has 0 aromatic heterocycles. The second kappa shape index (κ2) is 5.27. The molecule has 0 saturated carbocycles. The second-order valence-corrected chi connectivity index (χ2v) is 4.00. The summed E-state index contributed by atoms with van der Waals surface area (Å²) >= 11 is 8.49. The highest BCUT2D eigenvalue weighted by atomic mass is 79.9. The highest BCUT2D eigenvalue weighted by Crippen LogP contribution is 2.33. The largest absolute Gasteiger partial charge is 0.496 e. The molecule has 0 aliphatic heterocycles. The van der Waals surface area contributed by atoms with Gasteiger partial charge in [0.15, 0.2) is 5.78 Å². The first-order valence-corrected chi connectivity index (χ1v) is 5.45. The van der Waals surface area contributed by atoms with Gasteiger partial charge in [-0.25, -0.2) is 0 Å². The first-order valence-electron chi connectivity index (χ1n) is 4.12. The number of ketones is 1. The molecule has 1 rings (SSSR count). The third kappa shape index (κ3) is 2.51. The quantitative estimate of drug-likeness (QED) is 0.371. The zero-order valence-electron chi connectivity index (χ0n) is 8.20. The van der Waals surface area contributed by atoms with Gasteiger partial charge in [0.05, 0.1) is 17.9 Å². The van der Waals surface area contributed by atoms with Crippen molar-refractivity contribution in [1.82, 2.24) is 0 Å². The van der Waals surface area contributed by atoms with Crippen LogP contribution in [0.5, 0.6) is 5.75 Å². The van der Waals surface area contributed by atoms with Gasteiger partial charge in [-0.05, 0) is 6.07 Å². The SMILES string of the molecule is COc1cc(Br)cc([N+](=O)[O-])c1C(=O)CCl. The lowest BCUT2D eigenvalue weighted by Gasteiger charge is -2.07. The lowest BCUT2D eigenvalue weighted by molar-refractivity contribution is -0.385. The first kappa shape index (κ1) is 12.9. The Morgan fingerprint density at radius 1 is 1.62 bits per heavy atom. The minimum atomic E-state index is -0.646. The molecular weight excluding hydrogens is 301 g/mol. The summed E-state index contributed by atoms with van der Waals surface area (Å²) in [6.07, 6.45) is 0. The molecule has 1 aromatic carbocycles. The molecule has 0 atom stereocenters. The number of alkyl halides is 1. The summed E-state index contributed by atoms with van der Waals surface area (Å²) in [6.45, 7) is 0. The van der Waals surface area contributed by atoms with E-state index >= 15 is 0 Å². The number of nitro benzene ring substituents is 1. The molecule has 86 valence electrons. The van der Waals surface area contributed by atoms with Gasteiger partial charge in [-0.1, -0.05) is 15.9 Å².